The van der Waals surface area contributed by atoms with Crippen molar-refractivity contribution in [3.8, 4) is 11.5 Å². The molecule has 0 spiro atoms. The van der Waals surface area contributed by atoms with E-state index in [0.717, 1.165) is 48.1 Å². The van der Waals surface area contributed by atoms with Gasteiger partial charge in [0.2, 0.25) is 0 Å². The van der Waals surface area contributed by atoms with Gasteiger partial charge in [-0.1, -0.05) is 54.7 Å². The van der Waals surface area contributed by atoms with Crippen molar-refractivity contribution < 1.29 is 9.47 Å². The molecule has 5 rings (SSSR count). The summed E-state index contributed by atoms with van der Waals surface area (Å²) in [6, 6.07) is 24.8. The molecular formula is C27H26N2O2S. The number of aromatic nitrogens is 1. The average Bonchev–Trinajstić information content (AvgIpc) is 3.22. The third kappa shape index (κ3) is 4.08. The number of thiocarbonyl (C=S) groups is 1. The zero-order valence-electron chi connectivity index (χ0n) is 18.2. The summed E-state index contributed by atoms with van der Waals surface area (Å²) in [6.07, 6.45) is 3.22. The number of para-hydroxylation sites is 1. The normalized spacial score (nSPS) is 13.1. The highest BCUT2D eigenvalue weighted by Gasteiger charge is 2.21. The number of rotatable bonds is 6. The van der Waals surface area contributed by atoms with E-state index in [0.29, 0.717) is 6.61 Å². The summed E-state index contributed by atoms with van der Waals surface area (Å²) in [5.74, 6) is 1.66. The maximum absolute atomic E-state index is 5.99. The first kappa shape index (κ1) is 20.6. The fourth-order valence-corrected chi connectivity index (χ4v) is 4.69. The molecule has 32 heavy (non-hydrogen) atoms. The maximum Gasteiger partial charge on any atom is 0.119 e. The minimum absolute atomic E-state index is 0.578. The third-order valence-corrected chi connectivity index (χ3v) is 6.58. The van der Waals surface area contributed by atoms with E-state index in [-0.39, 0.29) is 0 Å². The van der Waals surface area contributed by atoms with E-state index < -0.39 is 0 Å². The molecule has 0 radical (unpaired) electrons. The summed E-state index contributed by atoms with van der Waals surface area (Å²) in [6.45, 7) is 3.15. The molecule has 1 aliphatic rings. The fourth-order valence-electron chi connectivity index (χ4n) is 4.38. The van der Waals surface area contributed by atoms with E-state index in [2.05, 4.69) is 64.2 Å². The molecule has 5 heteroatoms. The van der Waals surface area contributed by atoms with E-state index in [1.807, 2.05) is 24.3 Å². The van der Waals surface area contributed by atoms with Crippen LogP contribution in [0, 0.1) is 0 Å². The van der Waals surface area contributed by atoms with Gasteiger partial charge < -0.3 is 18.9 Å². The minimum Gasteiger partial charge on any atom is -0.497 e. The smallest absolute Gasteiger partial charge is 0.119 e. The Morgan fingerprint density at radius 2 is 1.62 bits per heavy atom. The molecule has 0 amide bonds. The summed E-state index contributed by atoms with van der Waals surface area (Å²) in [7, 11) is 1.66. The molecule has 0 N–H and O–H groups in total. The highest BCUT2D eigenvalue weighted by molar-refractivity contribution is 7.80. The van der Waals surface area contributed by atoms with Gasteiger partial charge >= 0.3 is 0 Å². The van der Waals surface area contributed by atoms with Crippen molar-refractivity contribution in [3.05, 3.63) is 95.7 Å². The Labute approximate surface area is 194 Å². The molecule has 1 aliphatic heterocycles. The monoisotopic (exact) mass is 442 g/mol. The van der Waals surface area contributed by atoms with Crippen molar-refractivity contribution in [2.45, 2.75) is 19.5 Å². The fraction of sp³-hybridized carbons (Fsp3) is 0.222. The van der Waals surface area contributed by atoms with Gasteiger partial charge in [-0.2, -0.15) is 0 Å². The van der Waals surface area contributed by atoms with Crippen LogP contribution in [0.3, 0.4) is 0 Å². The lowest BCUT2D eigenvalue weighted by molar-refractivity contribution is 0.300. The van der Waals surface area contributed by atoms with Crippen LogP contribution in [-0.4, -0.2) is 34.7 Å². The minimum atomic E-state index is 0.578. The molecule has 0 unspecified atom stereocenters. The van der Waals surface area contributed by atoms with Crippen LogP contribution in [0.4, 0.5) is 0 Å². The van der Waals surface area contributed by atoms with Gasteiger partial charge in [0.25, 0.3) is 0 Å². The number of benzene rings is 3. The highest BCUT2D eigenvalue weighted by Crippen LogP contribution is 2.27. The lowest BCUT2D eigenvalue weighted by atomic mass is 9.99. The Morgan fingerprint density at radius 1 is 0.906 bits per heavy atom. The van der Waals surface area contributed by atoms with Crippen molar-refractivity contribution in [1.82, 2.24) is 9.47 Å². The summed E-state index contributed by atoms with van der Waals surface area (Å²) in [4.78, 5) is 3.25. The van der Waals surface area contributed by atoms with Gasteiger partial charge in [0, 0.05) is 35.8 Å². The number of methoxy groups -OCH3 is 1. The molecule has 4 nitrogen and oxygen atoms in total. The maximum atomic E-state index is 5.99. The Balaban J connectivity index is 1.34. The molecular weight excluding hydrogens is 416 g/mol. The first-order valence-corrected chi connectivity index (χ1v) is 11.3. The van der Waals surface area contributed by atoms with Crippen molar-refractivity contribution in [3.63, 3.8) is 0 Å². The van der Waals surface area contributed by atoms with Gasteiger partial charge in [0.05, 0.1) is 13.7 Å². The summed E-state index contributed by atoms with van der Waals surface area (Å²) < 4.78 is 13.4. The summed E-state index contributed by atoms with van der Waals surface area (Å²) in [5, 5.41) is 1.20. The zero-order chi connectivity index (χ0) is 21.9. The predicted molar refractivity (Wildman–Crippen MR) is 133 cm³/mol. The number of nitrogens with zero attached hydrogens (tertiary/aromatic N) is 2. The van der Waals surface area contributed by atoms with Crippen molar-refractivity contribution in [2.24, 2.45) is 0 Å². The van der Waals surface area contributed by atoms with Gasteiger partial charge in [-0.3, -0.25) is 0 Å². The van der Waals surface area contributed by atoms with Gasteiger partial charge in [-0.05, 0) is 47.9 Å². The molecule has 0 fully saturated rings. The third-order valence-electron chi connectivity index (χ3n) is 6.10. The Bertz CT molecular complexity index is 1250. The van der Waals surface area contributed by atoms with Crippen LogP contribution < -0.4 is 9.47 Å². The van der Waals surface area contributed by atoms with Gasteiger partial charge in [0.15, 0.2) is 0 Å². The van der Waals surface area contributed by atoms with Crippen molar-refractivity contribution >= 4 is 28.1 Å². The van der Waals surface area contributed by atoms with Crippen LogP contribution in [0.5, 0.6) is 11.5 Å². The number of hydrogen-bond donors (Lipinski definition) is 0. The first-order chi connectivity index (χ1) is 15.7. The molecule has 0 atom stereocenters. The van der Waals surface area contributed by atoms with Gasteiger partial charge in [-0.15, -0.1) is 0 Å². The molecule has 0 aliphatic carbocycles. The average molecular weight is 443 g/mol. The second-order valence-corrected chi connectivity index (χ2v) is 8.41. The zero-order valence-corrected chi connectivity index (χ0v) is 19.0. The molecule has 3 aromatic carbocycles. The van der Waals surface area contributed by atoms with Crippen molar-refractivity contribution in [1.29, 1.82) is 0 Å². The number of hydrogen-bond acceptors (Lipinski definition) is 3. The topological polar surface area (TPSA) is 26.6 Å². The van der Waals surface area contributed by atoms with Gasteiger partial charge in [0.1, 0.15) is 23.1 Å². The SMILES string of the molecule is COc1ccc(OCCn2cc(C(=S)N3CCc4ccccc4C3)c3ccccc32)cc1. The number of ether oxygens (including phenoxy) is 2. The first-order valence-electron chi connectivity index (χ1n) is 10.9. The van der Waals surface area contributed by atoms with E-state index in [1.165, 1.54) is 22.0 Å². The Hall–Kier alpha value is -3.31. The molecule has 0 saturated carbocycles. The van der Waals surface area contributed by atoms with Crippen LogP contribution in [0.1, 0.15) is 16.7 Å². The van der Waals surface area contributed by atoms with Crippen LogP contribution in [0.15, 0.2) is 79.0 Å². The predicted octanol–water partition coefficient (Wildman–Crippen LogP) is 5.46. The van der Waals surface area contributed by atoms with E-state index in [4.69, 9.17) is 21.7 Å². The molecule has 0 bridgehead atoms. The standard InChI is InChI=1S/C27H26N2O2S/c1-30-22-10-12-23(13-11-22)31-17-16-28-19-25(24-8-4-5-9-26(24)28)27(32)29-15-14-20-6-2-3-7-21(20)18-29/h2-13,19H,14-18H2,1H3. The Morgan fingerprint density at radius 3 is 2.44 bits per heavy atom. The van der Waals surface area contributed by atoms with Gasteiger partial charge in [-0.25, -0.2) is 0 Å². The lowest BCUT2D eigenvalue weighted by Crippen LogP contribution is -2.35. The molecule has 2 heterocycles. The van der Waals surface area contributed by atoms with Crippen LogP contribution in [0.2, 0.25) is 0 Å². The highest BCUT2D eigenvalue weighted by atomic mass is 32.1. The van der Waals surface area contributed by atoms with E-state index in [9.17, 15) is 0 Å². The van der Waals surface area contributed by atoms with E-state index >= 15 is 0 Å². The van der Waals surface area contributed by atoms with Crippen LogP contribution >= 0.6 is 12.2 Å². The number of fused-ring (bicyclic) bond motifs is 2. The molecule has 1 aromatic heterocycles. The van der Waals surface area contributed by atoms with Crippen LogP contribution in [-0.2, 0) is 19.5 Å². The summed E-state index contributed by atoms with van der Waals surface area (Å²) in [5.41, 5.74) is 5.11. The van der Waals surface area contributed by atoms with Crippen molar-refractivity contribution in [2.75, 3.05) is 20.3 Å². The van der Waals surface area contributed by atoms with E-state index in [1.54, 1.807) is 7.11 Å². The lowest BCUT2D eigenvalue weighted by Gasteiger charge is -2.30. The molecule has 0 saturated heterocycles. The Kier molecular flexibility index (Phi) is 5.82. The second kappa shape index (κ2) is 9.05. The largest absolute Gasteiger partial charge is 0.497 e. The quantitative estimate of drug-likeness (QED) is 0.370. The summed E-state index contributed by atoms with van der Waals surface area (Å²) >= 11 is 5.99. The second-order valence-electron chi connectivity index (χ2n) is 8.02. The molecule has 162 valence electrons. The molecule has 4 aromatic rings. The van der Waals surface area contributed by atoms with Crippen LogP contribution in [0.25, 0.3) is 10.9 Å².